The van der Waals surface area contributed by atoms with E-state index >= 15 is 0 Å². The zero-order chi connectivity index (χ0) is 18.8. The largest absolute Gasteiger partial charge is 0.416 e. The van der Waals surface area contributed by atoms with Gasteiger partial charge < -0.3 is 5.32 Å². The molecule has 0 bridgehead atoms. The molecule has 25 heavy (non-hydrogen) atoms. The highest BCUT2D eigenvalue weighted by atomic mass is 19.4. The number of rotatable bonds is 3. The molecule has 0 saturated carbocycles. The lowest BCUT2D eigenvalue weighted by Crippen LogP contribution is -2.42. The molecule has 1 aromatic carbocycles. The molecule has 2 rings (SSSR count). The average molecular weight is 368 g/mol. The standard InChI is InChI=1S/C16H18F6N2O/c1-10-4-2-3-5-24(10)9-14(25)23-13-7-11(15(17,18)19)6-12(8-13)16(20,21)22/h6-8,10H,2-5,9H2,1H3,(H,23,25)/t10-/m0/s1. The SMILES string of the molecule is C[C@H]1CCCCN1CC(=O)Nc1cc(C(F)(F)F)cc(C(F)(F)F)c1. The van der Waals surface area contributed by atoms with E-state index in [9.17, 15) is 31.1 Å². The van der Waals surface area contributed by atoms with Crippen LogP contribution in [-0.2, 0) is 17.1 Å². The van der Waals surface area contributed by atoms with Crippen LogP contribution in [0.25, 0.3) is 0 Å². The third kappa shape index (κ3) is 5.35. The first kappa shape index (κ1) is 19.6. The maximum Gasteiger partial charge on any atom is 0.416 e. The van der Waals surface area contributed by atoms with Crippen molar-refractivity contribution < 1.29 is 31.1 Å². The molecule has 1 aliphatic heterocycles. The van der Waals surface area contributed by atoms with Crippen molar-refractivity contribution in [2.45, 2.75) is 44.6 Å². The van der Waals surface area contributed by atoms with Crippen LogP contribution in [0.2, 0.25) is 0 Å². The van der Waals surface area contributed by atoms with Crippen molar-refractivity contribution in [2.75, 3.05) is 18.4 Å². The molecule has 1 heterocycles. The number of anilines is 1. The average Bonchev–Trinajstić information content (AvgIpc) is 2.47. The van der Waals surface area contributed by atoms with Gasteiger partial charge in [-0.05, 0) is 44.5 Å². The summed E-state index contributed by atoms with van der Waals surface area (Å²) in [4.78, 5) is 13.9. The minimum absolute atomic E-state index is 0.0301. The van der Waals surface area contributed by atoms with E-state index in [1.54, 1.807) is 0 Å². The Bertz CT molecular complexity index is 594. The normalized spacial score (nSPS) is 19.7. The Labute approximate surface area is 141 Å². The number of carbonyl (C=O) groups excluding carboxylic acids is 1. The predicted molar refractivity (Wildman–Crippen MR) is 80.0 cm³/mol. The number of halogens is 6. The van der Waals surface area contributed by atoms with Crippen LogP contribution in [0.4, 0.5) is 32.0 Å². The Kier molecular flexibility index (Phi) is 5.65. The van der Waals surface area contributed by atoms with Gasteiger partial charge in [0.25, 0.3) is 0 Å². The van der Waals surface area contributed by atoms with Crippen LogP contribution in [0.15, 0.2) is 18.2 Å². The first-order valence-electron chi connectivity index (χ1n) is 7.80. The molecule has 0 aliphatic carbocycles. The van der Waals surface area contributed by atoms with Crippen LogP contribution in [0.3, 0.4) is 0 Å². The molecule has 9 heteroatoms. The van der Waals surface area contributed by atoms with E-state index in [1.807, 2.05) is 11.8 Å². The Morgan fingerprint density at radius 1 is 1.08 bits per heavy atom. The van der Waals surface area contributed by atoms with Crippen molar-refractivity contribution >= 4 is 11.6 Å². The summed E-state index contributed by atoms with van der Waals surface area (Å²) in [5.74, 6) is -0.638. The summed E-state index contributed by atoms with van der Waals surface area (Å²) in [6.45, 7) is 2.53. The maximum absolute atomic E-state index is 12.8. The first-order chi connectivity index (χ1) is 11.5. The van der Waals surface area contributed by atoms with Crippen LogP contribution in [0, 0.1) is 0 Å². The summed E-state index contributed by atoms with van der Waals surface area (Å²) < 4.78 is 76.9. The van der Waals surface area contributed by atoms with Crippen LogP contribution < -0.4 is 5.32 Å². The molecule has 1 atom stereocenters. The van der Waals surface area contributed by atoms with Gasteiger partial charge in [0, 0.05) is 11.7 Å². The minimum atomic E-state index is -4.94. The van der Waals surface area contributed by atoms with Crippen molar-refractivity contribution in [2.24, 2.45) is 0 Å². The number of nitrogens with one attached hydrogen (secondary N) is 1. The van der Waals surface area contributed by atoms with Crippen molar-refractivity contribution in [3.8, 4) is 0 Å². The molecule has 1 aliphatic rings. The Morgan fingerprint density at radius 3 is 2.12 bits per heavy atom. The molecule has 0 unspecified atom stereocenters. The topological polar surface area (TPSA) is 32.3 Å². The van der Waals surface area contributed by atoms with E-state index in [0.717, 1.165) is 19.3 Å². The van der Waals surface area contributed by atoms with Gasteiger partial charge in [0.05, 0.1) is 17.7 Å². The van der Waals surface area contributed by atoms with Crippen LogP contribution in [0.1, 0.15) is 37.3 Å². The van der Waals surface area contributed by atoms with E-state index in [0.29, 0.717) is 18.7 Å². The number of hydrogen-bond donors (Lipinski definition) is 1. The van der Waals surface area contributed by atoms with Gasteiger partial charge in [-0.2, -0.15) is 26.3 Å². The van der Waals surface area contributed by atoms with E-state index < -0.39 is 35.1 Å². The number of carbonyl (C=O) groups is 1. The molecular weight excluding hydrogens is 350 g/mol. The number of hydrogen-bond acceptors (Lipinski definition) is 2. The molecule has 1 N–H and O–H groups in total. The summed E-state index contributed by atoms with van der Waals surface area (Å²) in [5, 5.41) is 2.15. The lowest BCUT2D eigenvalue weighted by Gasteiger charge is -2.32. The second-order valence-electron chi connectivity index (χ2n) is 6.16. The van der Waals surface area contributed by atoms with Crippen molar-refractivity contribution in [3.05, 3.63) is 29.3 Å². The lowest BCUT2D eigenvalue weighted by molar-refractivity contribution is -0.143. The Hall–Kier alpha value is -1.77. The zero-order valence-corrected chi connectivity index (χ0v) is 13.5. The number of alkyl halides is 6. The van der Waals surface area contributed by atoms with Gasteiger partial charge >= 0.3 is 12.4 Å². The lowest BCUT2D eigenvalue weighted by atomic mass is 10.0. The number of benzene rings is 1. The summed E-state index contributed by atoms with van der Waals surface area (Å²) in [7, 11) is 0. The van der Waals surface area contributed by atoms with Crippen LogP contribution in [0.5, 0.6) is 0 Å². The van der Waals surface area contributed by atoms with Gasteiger partial charge in [-0.3, -0.25) is 9.69 Å². The quantitative estimate of drug-likeness (QED) is 0.795. The minimum Gasteiger partial charge on any atom is -0.325 e. The van der Waals surface area contributed by atoms with E-state index in [4.69, 9.17) is 0 Å². The van der Waals surface area contributed by atoms with Crippen molar-refractivity contribution in [1.29, 1.82) is 0 Å². The number of piperidine rings is 1. The van der Waals surface area contributed by atoms with Crippen LogP contribution >= 0.6 is 0 Å². The van der Waals surface area contributed by atoms with E-state index in [1.165, 1.54) is 0 Å². The number of amides is 1. The smallest absolute Gasteiger partial charge is 0.325 e. The fraction of sp³-hybridized carbons (Fsp3) is 0.562. The van der Waals surface area contributed by atoms with E-state index in [-0.39, 0.29) is 18.7 Å². The number of likely N-dealkylation sites (tertiary alicyclic amines) is 1. The molecule has 1 fully saturated rings. The third-order valence-electron chi connectivity index (χ3n) is 4.16. The highest BCUT2D eigenvalue weighted by Crippen LogP contribution is 2.37. The molecule has 0 radical (unpaired) electrons. The van der Waals surface area contributed by atoms with Gasteiger partial charge in [0.2, 0.25) is 5.91 Å². The monoisotopic (exact) mass is 368 g/mol. The summed E-state index contributed by atoms with van der Waals surface area (Å²) in [6.07, 6.45) is -7.05. The maximum atomic E-state index is 12.8. The van der Waals surface area contributed by atoms with Gasteiger partial charge in [0.15, 0.2) is 0 Å². The van der Waals surface area contributed by atoms with Crippen LogP contribution in [-0.4, -0.2) is 29.9 Å². The molecule has 1 aromatic rings. The molecule has 140 valence electrons. The van der Waals surface area contributed by atoms with Gasteiger partial charge in [-0.25, -0.2) is 0 Å². The molecule has 0 spiro atoms. The fourth-order valence-corrected chi connectivity index (χ4v) is 2.80. The molecule has 1 amide bonds. The van der Waals surface area contributed by atoms with Gasteiger partial charge in [-0.15, -0.1) is 0 Å². The molecule has 3 nitrogen and oxygen atoms in total. The molecule has 0 aromatic heterocycles. The Balaban J connectivity index is 2.18. The first-order valence-corrected chi connectivity index (χ1v) is 7.80. The van der Waals surface area contributed by atoms with Gasteiger partial charge in [0.1, 0.15) is 0 Å². The number of nitrogens with zero attached hydrogens (tertiary/aromatic N) is 1. The second kappa shape index (κ2) is 7.23. The summed E-state index contributed by atoms with van der Waals surface area (Å²) in [5.41, 5.74) is -3.43. The highest BCUT2D eigenvalue weighted by Gasteiger charge is 2.37. The molecule has 1 saturated heterocycles. The van der Waals surface area contributed by atoms with Crippen molar-refractivity contribution in [3.63, 3.8) is 0 Å². The highest BCUT2D eigenvalue weighted by molar-refractivity contribution is 5.92. The molecular formula is C16H18F6N2O. The van der Waals surface area contributed by atoms with Gasteiger partial charge in [-0.1, -0.05) is 6.42 Å². The van der Waals surface area contributed by atoms with E-state index in [2.05, 4.69) is 5.32 Å². The fourth-order valence-electron chi connectivity index (χ4n) is 2.80. The summed E-state index contributed by atoms with van der Waals surface area (Å²) >= 11 is 0. The third-order valence-corrected chi connectivity index (χ3v) is 4.16. The summed E-state index contributed by atoms with van der Waals surface area (Å²) in [6, 6.07) is 1.19. The second-order valence-corrected chi connectivity index (χ2v) is 6.16. The van der Waals surface area contributed by atoms with Crippen molar-refractivity contribution in [1.82, 2.24) is 4.90 Å². The Morgan fingerprint density at radius 2 is 1.64 bits per heavy atom. The predicted octanol–water partition coefficient (Wildman–Crippen LogP) is 4.54. The zero-order valence-electron chi connectivity index (χ0n) is 13.5.